The van der Waals surface area contributed by atoms with E-state index in [1.54, 1.807) is 41.8 Å². The van der Waals surface area contributed by atoms with Crippen molar-refractivity contribution < 1.29 is 23.1 Å². The average Bonchev–Trinajstić information content (AvgIpc) is 3.32. The Morgan fingerprint density at radius 1 is 1.25 bits per heavy atom. The number of ether oxygens (including phenoxy) is 1. The van der Waals surface area contributed by atoms with Crippen LogP contribution in [-0.2, 0) is 9.53 Å². The summed E-state index contributed by atoms with van der Waals surface area (Å²) in [6, 6.07) is 10.0. The molecule has 2 heterocycles. The molecule has 2 aromatic heterocycles. The van der Waals surface area contributed by atoms with Crippen molar-refractivity contribution >= 4 is 34.2 Å². The molecule has 3 rings (SSSR count). The van der Waals surface area contributed by atoms with Crippen molar-refractivity contribution in [3.8, 4) is 0 Å². The Kier molecular flexibility index (Phi) is 6.35. The van der Waals surface area contributed by atoms with E-state index < -0.39 is 18.6 Å². The smallest absolute Gasteiger partial charge is 0.320 e. The second kappa shape index (κ2) is 8.92. The van der Waals surface area contributed by atoms with Gasteiger partial charge in [0.05, 0.1) is 15.9 Å². The molecule has 9 heteroatoms. The van der Waals surface area contributed by atoms with Crippen LogP contribution in [0.15, 0.2) is 41.8 Å². The lowest BCUT2D eigenvalue weighted by Crippen LogP contribution is -2.24. The van der Waals surface area contributed by atoms with E-state index in [-0.39, 0.29) is 23.7 Å². The molecule has 0 fully saturated rings. The van der Waals surface area contributed by atoms with Gasteiger partial charge in [-0.3, -0.25) is 14.2 Å². The number of rotatable bonds is 8. The number of halogens is 2. The average molecular weight is 407 g/mol. The van der Waals surface area contributed by atoms with Gasteiger partial charge in [-0.25, -0.2) is 4.98 Å². The zero-order valence-electron chi connectivity index (χ0n) is 15.1. The second-order valence-electron chi connectivity index (χ2n) is 6.08. The van der Waals surface area contributed by atoms with Crippen molar-refractivity contribution in [1.29, 1.82) is 0 Å². The van der Waals surface area contributed by atoms with Crippen LogP contribution in [0.4, 0.5) is 8.78 Å². The van der Waals surface area contributed by atoms with Crippen molar-refractivity contribution in [1.82, 2.24) is 14.9 Å². The first-order valence-corrected chi connectivity index (χ1v) is 9.61. The molecule has 1 amide bonds. The summed E-state index contributed by atoms with van der Waals surface area (Å²) in [6.07, 6.45) is -0.479. The maximum atomic E-state index is 13.5. The Balaban J connectivity index is 1.54. The first-order chi connectivity index (χ1) is 13.5. The third-order valence-electron chi connectivity index (χ3n) is 4.08. The van der Waals surface area contributed by atoms with Crippen LogP contribution in [0.2, 0.25) is 0 Å². The zero-order chi connectivity index (χ0) is 20.1. The summed E-state index contributed by atoms with van der Waals surface area (Å²) in [5.41, 5.74) is 0.698. The van der Waals surface area contributed by atoms with Crippen molar-refractivity contribution in [2.24, 2.45) is 0 Å². The number of para-hydroxylation sites is 2. The molecule has 0 bridgehead atoms. The van der Waals surface area contributed by atoms with Gasteiger partial charge in [-0.05, 0) is 36.9 Å². The Bertz CT molecular complexity index is 957. The minimum Gasteiger partial charge on any atom is -0.454 e. The first-order valence-electron chi connectivity index (χ1n) is 8.73. The number of carbonyl (C=O) groups excluding carboxylic acids is 2. The van der Waals surface area contributed by atoms with E-state index in [0.29, 0.717) is 23.4 Å². The summed E-state index contributed by atoms with van der Waals surface area (Å²) in [5, 5.41) is 4.52. The van der Waals surface area contributed by atoms with Gasteiger partial charge in [0.2, 0.25) is 0 Å². The van der Waals surface area contributed by atoms with Crippen LogP contribution in [0.1, 0.15) is 47.9 Å². The highest BCUT2D eigenvalue weighted by atomic mass is 32.1. The lowest BCUT2D eigenvalue weighted by molar-refractivity contribution is -0.149. The van der Waals surface area contributed by atoms with Crippen molar-refractivity contribution in [2.45, 2.75) is 32.4 Å². The largest absolute Gasteiger partial charge is 0.454 e. The molecule has 0 aliphatic rings. The standard InChI is InChI=1S/C19H19F2N3O3S/c1-12(17-23-13-6-2-3-7-14(13)24(17)19(20)21)27-16(25)9-4-10-22-18(26)15-8-5-11-28-15/h2-3,5-8,11-12,19H,4,9-10H2,1H3,(H,22,26). The number of hydrogen-bond donors (Lipinski definition) is 1. The van der Waals surface area contributed by atoms with E-state index in [0.717, 1.165) is 4.57 Å². The number of alkyl halides is 2. The van der Waals surface area contributed by atoms with Gasteiger partial charge in [-0.1, -0.05) is 18.2 Å². The number of hydrogen-bond acceptors (Lipinski definition) is 5. The van der Waals surface area contributed by atoms with Gasteiger partial charge in [0.25, 0.3) is 5.91 Å². The minimum atomic E-state index is -2.80. The van der Waals surface area contributed by atoms with E-state index in [2.05, 4.69) is 10.3 Å². The molecular weight excluding hydrogens is 388 g/mol. The lowest BCUT2D eigenvalue weighted by Gasteiger charge is -2.15. The van der Waals surface area contributed by atoms with Gasteiger partial charge >= 0.3 is 12.5 Å². The molecule has 6 nitrogen and oxygen atoms in total. The minimum absolute atomic E-state index is 0.00412. The van der Waals surface area contributed by atoms with Gasteiger partial charge in [-0.2, -0.15) is 8.78 Å². The fourth-order valence-corrected chi connectivity index (χ4v) is 3.43. The number of thiophene rings is 1. The number of amides is 1. The first kappa shape index (κ1) is 19.9. The molecule has 28 heavy (non-hydrogen) atoms. The van der Waals surface area contributed by atoms with Crippen LogP contribution in [0.5, 0.6) is 0 Å². The van der Waals surface area contributed by atoms with Crippen LogP contribution >= 0.6 is 11.3 Å². The Morgan fingerprint density at radius 3 is 2.75 bits per heavy atom. The number of nitrogens with zero attached hydrogens (tertiary/aromatic N) is 2. The molecule has 0 aliphatic carbocycles. The molecule has 0 saturated heterocycles. The maximum Gasteiger partial charge on any atom is 0.320 e. The molecule has 1 N–H and O–H groups in total. The zero-order valence-corrected chi connectivity index (χ0v) is 15.9. The summed E-state index contributed by atoms with van der Waals surface area (Å²) in [6.45, 7) is -0.970. The highest BCUT2D eigenvalue weighted by Crippen LogP contribution is 2.28. The number of benzene rings is 1. The van der Waals surface area contributed by atoms with Crippen LogP contribution in [0, 0.1) is 0 Å². The monoisotopic (exact) mass is 407 g/mol. The van der Waals surface area contributed by atoms with E-state index in [1.807, 2.05) is 0 Å². The van der Waals surface area contributed by atoms with Crippen LogP contribution < -0.4 is 5.32 Å². The molecule has 3 aromatic rings. The normalized spacial score (nSPS) is 12.3. The third kappa shape index (κ3) is 4.53. The summed E-state index contributed by atoms with van der Waals surface area (Å²) in [4.78, 5) is 28.6. The van der Waals surface area contributed by atoms with Gasteiger partial charge in [0.15, 0.2) is 11.9 Å². The SMILES string of the molecule is CC(OC(=O)CCCNC(=O)c1cccs1)c1nc2ccccc2n1C(F)F. The molecule has 148 valence electrons. The Morgan fingerprint density at radius 2 is 2.04 bits per heavy atom. The number of carbonyl (C=O) groups is 2. The Hall–Kier alpha value is -2.81. The van der Waals surface area contributed by atoms with E-state index in [4.69, 9.17) is 4.74 Å². The molecule has 0 saturated carbocycles. The quantitative estimate of drug-likeness (QED) is 0.446. The summed E-state index contributed by atoms with van der Waals surface area (Å²) in [7, 11) is 0. The highest BCUT2D eigenvalue weighted by Gasteiger charge is 2.24. The molecule has 0 radical (unpaired) electrons. The van der Waals surface area contributed by atoms with Gasteiger partial charge < -0.3 is 10.1 Å². The fraction of sp³-hybridized carbons (Fsp3) is 0.316. The summed E-state index contributed by atoms with van der Waals surface area (Å²) >= 11 is 1.33. The number of nitrogens with one attached hydrogen (secondary N) is 1. The van der Waals surface area contributed by atoms with E-state index in [9.17, 15) is 18.4 Å². The fourth-order valence-electron chi connectivity index (χ4n) is 2.79. The predicted molar refractivity (Wildman–Crippen MR) is 101 cm³/mol. The van der Waals surface area contributed by atoms with Gasteiger partial charge in [0, 0.05) is 13.0 Å². The lowest BCUT2D eigenvalue weighted by atomic mass is 10.3. The van der Waals surface area contributed by atoms with E-state index in [1.165, 1.54) is 18.3 Å². The number of fused-ring (bicyclic) bond motifs is 1. The molecular formula is C19H19F2N3O3S. The molecule has 1 aromatic carbocycles. The molecule has 0 spiro atoms. The number of aromatic nitrogens is 2. The highest BCUT2D eigenvalue weighted by molar-refractivity contribution is 7.12. The summed E-state index contributed by atoms with van der Waals surface area (Å²) < 4.78 is 33.0. The van der Waals surface area contributed by atoms with Crippen molar-refractivity contribution in [3.05, 3.63) is 52.5 Å². The molecule has 1 atom stereocenters. The third-order valence-corrected chi connectivity index (χ3v) is 4.95. The number of esters is 1. The molecule has 0 aliphatic heterocycles. The van der Waals surface area contributed by atoms with Gasteiger partial charge in [0.1, 0.15) is 0 Å². The van der Waals surface area contributed by atoms with Gasteiger partial charge in [-0.15, -0.1) is 11.3 Å². The van der Waals surface area contributed by atoms with Crippen LogP contribution in [0.25, 0.3) is 11.0 Å². The van der Waals surface area contributed by atoms with E-state index >= 15 is 0 Å². The van der Waals surface area contributed by atoms with Crippen LogP contribution in [0.3, 0.4) is 0 Å². The number of imidazole rings is 1. The summed E-state index contributed by atoms with van der Waals surface area (Å²) in [5.74, 6) is -0.733. The predicted octanol–water partition coefficient (Wildman–Crippen LogP) is 4.31. The van der Waals surface area contributed by atoms with Crippen LogP contribution in [-0.4, -0.2) is 28.0 Å². The second-order valence-corrected chi connectivity index (χ2v) is 7.02. The van der Waals surface area contributed by atoms with Crippen molar-refractivity contribution in [3.63, 3.8) is 0 Å². The Labute approximate surface area is 164 Å². The van der Waals surface area contributed by atoms with Crippen molar-refractivity contribution in [2.75, 3.05) is 6.54 Å². The maximum absolute atomic E-state index is 13.5. The topological polar surface area (TPSA) is 73.2 Å². The molecule has 1 unspecified atom stereocenters.